The molecule has 0 aliphatic carbocycles. The number of carbonyl (C=O) groups is 2. The fourth-order valence-electron chi connectivity index (χ4n) is 4.14. The molecule has 3 aromatic carbocycles. The number of amides is 1. The average Bonchev–Trinajstić information content (AvgIpc) is 3.28. The lowest BCUT2D eigenvalue weighted by molar-refractivity contribution is 0.0826. The number of hydrogen-bond donors (Lipinski definition) is 2. The van der Waals surface area contributed by atoms with Gasteiger partial charge in [-0.3, -0.25) is 9.59 Å². The standard InChI is InChI=1S/C28H29N3O2/c1-28(22-9-5-4-6-10-22,26(32)24-19-29-25-12-8-7-11-23(24)25)30-18-17-20-13-15-21(16-14-20)27(33)31(2)3/h4-16,19,29-30H,17-18H2,1-3H3. The molecule has 0 aliphatic rings. The highest BCUT2D eigenvalue weighted by Gasteiger charge is 2.36. The van der Waals surface area contributed by atoms with Crippen LogP contribution < -0.4 is 5.32 Å². The van der Waals surface area contributed by atoms with Crippen molar-refractivity contribution >= 4 is 22.6 Å². The van der Waals surface area contributed by atoms with Gasteiger partial charge in [0, 0.05) is 48.9 Å². The lowest BCUT2D eigenvalue weighted by Gasteiger charge is -2.30. The highest BCUT2D eigenvalue weighted by molar-refractivity contribution is 6.12. The summed E-state index contributed by atoms with van der Waals surface area (Å²) in [6, 6.07) is 25.3. The number of ketones is 1. The van der Waals surface area contributed by atoms with E-state index in [4.69, 9.17) is 0 Å². The summed E-state index contributed by atoms with van der Waals surface area (Å²) in [6.45, 7) is 2.56. The summed E-state index contributed by atoms with van der Waals surface area (Å²) in [5.41, 5.74) is 3.44. The van der Waals surface area contributed by atoms with E-state index in [0.29, 0.717) is 17.7 Å². The van der Waals surface area contributed by atoms with E-state index in [-0.39, 0.29) is 11.7 Å². The molecule has 33 heavy (non-hydrogen) atoms. The topological polar surface area (TPSA) is 65.2 Å². The van der Waals surface area contributed by atoms with Crippen LogP contribution in [0, 0.1) is 0 Å². The maximum atomic E-state index is 13.8. The van der Waals surface area contributed by atoms with Crippen LogP contribution in [-0.2, 0) is 12.0 Å². The van der Waals surface area contributed by atoms with Crippen molar-refractivity contribution in [1.82, 2.24) is 15.2 Å². The Labute approximate surface area is 194 Å². The highest BCUT2D eigenvalue weighted by atomic mass is 16.2. The van der Waals surface area contributed by atoms with Crippen molar-refractivity contribution in [3.63, 3.8) is 0 Å². The lowest BCUT2D eigenvalue weighted by atomic mass is 9.84. The molecule has 0 fully saturated rings. The molecule has 5 nitrogen and oxygen atoms in total. The third-order valence-electron chi connectivity index (χ3n) is 6.14. The van der Waals surface area contributed by atoms with Gasteiger partial charge in [-0.15, -0.1) is 0 Å². The number of rotatable bonds is 8. The first kappa shape index (κ1) is 22.5. The molecule has 1 atom stereocenters. The summed E-state index contributed by atoms with van der Waals surface area (Å²) in [5.74, 6) is 0.0127. The summed E-state index contributed by atoms with van der Waals surface area (Å²) < 4.78 is 0. The summed E-state index contributed by atoms with van der Waals surface area (Å²) in [4.78, 5) is 30.7. The van der Waals surface area contributed by atoms with E-state index in [1.165, 1.54) is 0 Å². The molecule has 0 bridgehead atoms. The third-order valence-corrected chi connectivity index (χ3v) is 6.14. The molecule has 0 saturated heterocycles. The van der Waals surface area contributed by atoms with E-state index >= 15 is 0 Å². The molecular weight excluding hydrogens is 410 g/mol. The Kier molecular flexibility index (Phi) is 6.43. The van der Waals surface area contributed by atoms with Crippen LogP contribution in [0.15, 0.2) is 85.1 Å². The third kappa shape index (κ3) is 4.59. The quantitative estimate of drug-likeness (QED) is 0.388. The summed E-state index contributed by atoms with van der Waals surface area (Å²) in [6.07, 6.45) is 2.54. The van der Waals surface area contributed by atoms with Crippen LogP contribution in [-0.4, -0.2) is 42.2 Å². The number of fused-ring (bicyclic) bond motifs is 1. The molecule has 0 radical (unpaired) electrons. The van der Waals surface area contributed by atoms with Crippen molar-refractivity contribution in [3.8, 4) is 0 Å². The Morgan fingerprint density at radius 1 is 0.909 bits per heavy atom. The molecule has 4 rings (SSSR count). The first-order valence-electron chi connectivity index (χ1n) is 11.1. The van der Waals surface area contributed by atoms with Crippen LogP contribution in [0.4, 0.5) is 0 Å². The molecule has 5 heteroatoms. The molecule has 0 spiro atoms. The fourth-order valence-corrected chi connectivity index (χ4v) is 4.14. The van der Waals surface area contributed by atoms with Crippen LogP contribution >= 0.6 is 0 Å². The molecule has 1 amide bonds. The number of aromatic nitrogens is 1. The van der Waals surface area contributed by atoms with Crippen molar-refractivity contribution in [2.45, 2.75) is 18.9 Å². The Morgan fingerprint density at radius 2 is 1.58 bits per heavy atom. The van der Waals surface area contributed by atoms with Crippen LogP contribution in [0.5, 0.6) is 0 Å². The summed E-state index contributed by atoms with van der Waals surface area (Å²) in [5, 5.41) is 4.45. The molecular formula is C28H29N3O2. The first-order chi connectivity index (χ1) is 15.9. The first-order valence-corrected chi connectivity index (χ1v) is 11.1. The van der Waals surface area contributed by atoms with Gasteiger partial charge in [-0.25, -0.2) is 0 Å². The fraction of sp³-hybridized carbons (Fsp3) is 0.214. The van der Waals surface area contributed by atoms with Crippen molar-refractivity contribution < 1.29 is 9.59 Å². The lowest BCUT2D eigenvalue weighted by Crippen LogP contribution is -2.47. The van der Waals surface area contributed by atoms with Crippen molar-refractivity contribution in [3.05, 3.63) is 107 Å². The molecule has 1 heterocycles. The number of nitrogens with zero attached hydrogens (tertiary/aromatic N) is 1. The van der Waals surface area contributed by atoms with Gasteiger partial charge >= 0.3 is 0 Å². The van der Waals surface area contributed by atoms with Crippen molar-refractivity contribution in [1.29, 1.82) is 0 Å². The molecule has 4 aromatic rings. The number of hydrogen-bond acceptors (Lipinski definition) is 3. The van der Waals surface area contributed by atoms with E-state index in [9.17, 15) is 9.59 Å². The van der Waals surface area contributed by atoms with E-state index in [1.807, 2.05) is 85.8 Å². The van der Waals surface area contributed by atoms with Crippen molar-refractivity contribution in [2.75, 3.05) is 20.6 Å². The predicted molar refractivity (Wildman–Crippen MR) is 133 cm³/mol. The van der Waals surface area contributed by atoms with E-state index in [1.54, 1.807) is 25.2 Å². The zero-order valence-electron chi connectivity index (χ0n) is 19.3. The molecule has 0 saturated carbocycles. The van der Waals surface area contributed by atoms with Gasteiger partial charge in [-0.1, -0.05) is 60.7 Å². The van der Waals surface area contributed by atoms with Crippen LogP contribution in [0.3, 0.4) is 0 Å². The molecule has 2 N–H and O–H groups in total. The van der Waals surface area contributed by atoms with Gasteiger partial charge in [-0.05, 0) is 42.7 Å². The number of aromatic amines is 1. The number of para-hydroxylation sites is 1. The number of carbonyl (C=O) groups excluding carboxylic acids is 2. The van der Waals surface area contributed by atoms with Gasteiger partial charge in [0.15, 0.2) is 5.78 Å². The van der Waals surface area contributed by atoms with Crippen molar-refractivity contribution in [2.24, 2.45) is 0 Å². The predicted octanol–water partition coefficient (Wildman–Crippen LogP) is 4.80. The van der Waals surface area contributed by atoms with Gasteiger partial charge in [0.1, 0.15) is 5.54 Å². The van der Waals surface area contributed by atoms with Crippen LogP contribution in [0.25, 0.3) is 10.9 Å². The Hall–Kier alpha value is -3.70. The second kappa shape index (κ2) is 9.43. The summed E-state index contributed by atoms with van der Waals surface area (Å²) in [7, 11) is 3.49. The minimum atomic E-state index is -0.882. The minimum Gasteiger partial charge on any atom is -0.360 e. The SMILES string of the molecule is CN(C)C(=O)c1ccc(CCNC(C)(C(=O)c2c[nH]c3ccccc23)c2ccccc2)cc1. The van der Waals surface area contributed by atoms with E-state index in [0.717, 1.165) is 28.5 Å². The molecule has 1 unspecified atom stereocenters. The van der Waals surface area contributed by atoms with E-state index in [2.05, 4.69) is 10.3 Å². The van der Waals surface area contributed by atoms with E-state index < -0.39 is 5.54 Å². The number of nitrogens with one attached hydrogen (secondary N) is 2. The second-order valence-corrected chi connectivity index (χ2v) is 8.64. The zero-order chi connectivity index (χ0) is 23.4. The number of benzene rings is 3. The Bertz CT molecular complexity index is 1260. The monoisotopic (exact) mass is 439 g/mol. The largest absolute Gasteiger partial charge is 0.360 e. The maximum Gasteiger partial charge on any atom is 0.253 e. The Morgan fingerprint density at radius 3 is 2.27 bits per heavy atom. The maximum absolute atomic E-state index is 13.8. The van der Waals surface area contributed by atoms with Crippen LogP contribution in [0.2, 0.25) is 0 Å². The molecule has 168 valence electrons. The van der Waals surface area contributed by atoms with Gasteiger partial charge in [0.2, 0.25) is 0 Å². The highest BCUT2D eigenvalue weighted by Crippen LogP contribution is 2.29. The van der Waals surface area contributed by atoms with Gasteiger partial charge in [0.05, 0.1) is 0 Å². The number of Topliss-reactive ketones (excluding diaryl/α,β-unsaturated/α-hetero) is 1. The minimum absolute atomic E-state index is 0.0133. The van der Waals surface area contributed by atoms with Gasteiger partial charge in [0.25, 0.3) is 5.91 Å². The van der Waals surface area contributed by atoms with Crippen LogP contribution in [0.1, 0.15) is 38.8 Å². The average molecular weight is 440 g/mol. The molecule has 0 aliphatic heterocycles. The second-order valence-electron chi connectivity index (χ2n) is 8.64. The van der Waals surface area contributed by atoms with Gasteiger partial charge < -0.3 is 15.2 Å². The smallest absolute Gasteiger partial charge is 0.253 e. The molecule has 1 aromatic heterocycles. The Balaban J connectivity index is 1.55. The van der Waals surface area contributed by atoms with Gasteiger partial charge in [-0.2, -0.15) is 0 Å². The summed E-state index contributed by atoms with van der Waals surface area (Å²) >= 11 is 0. The normalized spacial score (nSPS) is 12.9. The number of H-pyrrole nitrogens is 1. The zero-order valence-corrected chi connectivity index (χ0v) is 19.3.